The van der Waals surface area contributed by atoms with Gasteiger partial charge < -0.3 is 56.8 Å². The first-order valence-corrected chi connectivity index (χ1v) is 41.9. The van der Waals surface area contributed by atoms with E-state index >= 15 is 0 Å². The topological polar surface area (TPSA) is 316 Å². The van der Waals surface area contributed by atoms with Gasteiger partial charge in [-0.2, -0.15) is 0 Å². The van der Waals surface area contributed by atoms with Crippen molar-refractivity contribution in [3.05, 3.63) is 0 Å². The van der Waals surface area contributed by atoms with E-state index in [0.29, 0.717) is 29.6 Å². The summed E-state index contributed by atoms with van der Waals surface area (Å²) >= 11 is 0. The van der Waals surface area contributed by atoms with Crippen LogP contribution >= 0.6 is 0 Å². The summed E-state index contributed by atoms with van der Waals surface area (Å²) in [6.07, 6.45) is 13.4. The molecule has 612 valence electrons. The highest BCUT2D eigenvalue weighted by atomic mass is 16.6. The van der Waals surface area contributed by atoms with Crippen molar-refractivity contribution in [3.63, 3.8) is 0 Å². The van der Waals surface area contributed by atoms with E-state index in [1.54, 1.807) is 0 Å². The lowest BCUT2D eigenvalue weighted by molar-refractivity contribution is -0.188. The molecule has 6 heterocycles. The number of carbonyl (C=O) groups excluding carboxylic acids is 12. The molecule has 0 radical (unpaired) electrons. The standard InChI is InChI=1S/3C15H22O4.2C14H20O4.C13H18O4/c1-5-14(2,3)13(17)19-11-10-8-6-15(11,4)7-9(8)12(16)18-10;1-5-14(2,3)13(17)19-15(4)8-6-9-10(7-8)12(16)18-11(9)15;1-5-14(2,3)13(17)18-11-8-6-9-10(7-8)15(11,4)19-12(9)16;1-4-14(2,3)13(16)18-10-7-5-8-9(6-7)12(15)17-11(8)10;1-4-7(2)12(15)18-14(3)8-5-9-10(6-8)13(16)17-11(9)14;1-3-6(2)12(14)16-10-7-4-8-9(5-7)13(15)17-11(8)10/h3*8-11H,5-7H2,1-4H3;2*7-11H,4-6H2,1-3H3;6-11H,3-5H2,1-2H3. The monoisotopic (exact) mass is 1540 g/mol. The molecule has 24 nitrogen and oxygen atoms in total. The molecule has 0 aromatic carbocycles. The van der Waals surface area contributed by atoms with Crippen LogP contribution in [0.15, 0.2) is 0 Å². The lowest BCUT2D eigenvalue weighted by atomic mass is 9.79. The fourth-order valence-electron chi connectivity index (χ4n) is 22.5. The number of ether oxygens (including phenoxy) is 12. The third-order valence-electron chi connectivity index (χ3n) is 31.9. The van der Waals surface area contributed by atoms with Crippen LogP contribution in [0.3, 0.4) is 0 Å². The molecule has 18 rings (SSSR count). The second-order valence-corrected chi connectivity index (χ2v) is 39.9. The molecule has 24 heteroatoms. The molecule has 0 spiro atoms. The summed E-state index contributed by atoms with van der Waals surface area (Å²) in [5.41, 5.74) is -3.74. The molecule has 0 aromatic rings. The highest BCUT2D eigenvalue weighted by Gasteiger charge is 2.74. The summed E-state index contributed by atoms with van der Waals surface area (Å²) in [7, 11) is 0. The highest BCUT2D eigenvalue weighted by molar-refractivity contribution is 5.83. The normalized spacial score (nSPS) is 43.5. The first-order valence-electron chi connectivity index (χ1n) is 41.9. The molecule has 0 amide bonds. The van der Waals surface area contributed by atoms with Gasteiger partial charge in [0.25, 0.3) is 0 Å². The Morgan fingerprint density at radius 3 is 1.27 bits per heavy atom. The largest absolute Gasteiger partial charge is 0.458 e. The Morgan fingerprint density at radius 1 is 0.391 bits per heavy atom. The molecule has 12 aliphatic carbocycles. The molecular formula is C86H124O24. The fraction of sp³-hybridized carbons (Fsp3) is 0.860. The third-order valence-corrected chi connectivity index (χ3v) is 31.9. The molecule has 0 N–H and O–H groups in total. The van der Waals surface area contributed by atoms with Crippen molar-refractivity contribution in [2.45, 2.75) is 326 Å². The van der Waals surface area contributed by atoms with Crippen molar-refractivity contribution in [3.8, 4) is 0 Å². The SMILES string of the molecule is CCC(C)(C)C(=O)OC1(C)C2CC3C(=O)OC1C3C2.CCC(C)(C)C(=O)OC1C2CC3C(=O)OC1(C)C3C2.CCC(C)(C)C(=O)OC1C2CC3C(=O)OC1C3C2.CCC(C)(C)C(=O)OC1C2OC(=O)C3CC1(C)CC32.CCC(C)C(=O)OC1(C)C2CC3C(=O)OC1C3C2.CCC(C)C(=O)OC1C2CC3C(=O)OC1C3C2. The summed E-state index contributed by atoms with van der Waals surface area (Å²) in [4.78, 5) is 143. The van der Waals surface area contributed by atoms with Crippen LogP contribution in [0.5, 0.6) is 0 Å². The molecule has 18 aliphatic rings. The van der Waals surface area contributed by atoms with Crippen LogP contribution < -0.4 is 0 Å². The quantitative estimate of drug-likeness (QED) is 0.0909. The van der Waals surface area contributed by atoms with Gasteiger partial charge in [-0.1, -0.05) is 62.3 Å². The van der Waals surface area contributed by atoms with Gasteiger partial charge in [0.05, 0.1) is 69.0 Å². The van der Waals surface area contributed by atoms with Crippen LogP contribution in [0.2, 0.25) is 0 Å². The number of rotatable bonds is 18. The van der Waals surface area contributed by atoms with E-state index in [-0.39, 0.29) is 215 Å². The molecule has 6 aliphatic heterocycles. The minimum absolute atomic E-state index is 0.0455. The van der Waals surface area contributed by atoms with Gasteiger partial charge in [0.1, 0.15) is 71.7 Å². The molecule has 18 fully saturated rings. The summed E-state index contributed by atoms with van der Waals surface area (Å²) < 4.78 is 67.0. The Hall–Kier alpha value is -6.36. The lowest BCUT2D eigenvalue weighted by Gasteiger charge is -2.38. The molecule has 32 atom stereocenters. The Bertz CT molecular complexity index is 3670. The minimum Gasteiger partial charge on any atom is -0.458 e. The van der Waals surface area contributed by atoms with Gasteiger partial charge in [-0.25, -0.2) is 0 Å². The van der Waals surface area contributed by atoms with Crippen molar-refractivity contribution in [1.82, 2.24) is 0 Å². The summed E-state index contributed by atoms with van der Waals surface area (Å²) in [6, 6.07) is 0. The van der Waals surface area contributed by atoms with Crippen LogP contribution in [-0.2, 0) is 114 Å². The zero-order valence-corrected chi connectivity index (χ0v) is 68.7. The second kappa shape index (κ2) is 28.9. The predicted octanol–water partition coefficient (Wildman–Crippen LogP) is 12.3. The summed E-state index contributed by atoms with van der Waals surface area (Å²) in [6.45, 7) is 38.7. The Kier molecular flexibility index (Phi) is 21.4. The predicted molar refractivity (Wildman–Crippen MR) is 390 cm³/mol. The van der Waals surface area contributed by atoms with E-state index in [4.69, 9.17) is 56.8 Å². The number of carbonyl (C=O) groups is 12. The van der Waals surface area contributed by atoms with Gasteiger partial charge in [-0.05, 0) is 192 Å². The first-order chi connectivity index (χ1) is 51.4. The van der Waals surface area contributed by atoms with E-state index in [9.17, 15) is 57.5 Å². The molecule has 12 bridgehead atoms. The van der Waals surface area contributed by atoms with Crippen LogP contribution in [0.4, 0.5) is 0 Å². The van der Waals surface area contributed by atoms with Crippen LogP contribution in [0.1, 0.15) is 254 Å². The van der Waals surface area contributed by atoms with E-state index in [2.05, 4.69) is 6.92 Å². The Labute approximate surface area is 648 Å². The Morgan fingerprint density at radius 2 is 0.791 bits per heavy atom. The van der Waals surface area contributed by atoms with E-state index in [0.717, 1.165) is 116 Å². The average Bonchev–Trinajstić information content (AvgIpc) is 1.56. The first kappa shape index (κ1) is 81.6. The third kappa shape index (κ3) is 13.5. The van der Waals surface area contributed by atoms with Gasteiger partial charge in [-0.15, -0.1) is 0 Å². The van der Waals surface area contributed by atoms with Gasteiger partial charge in [0.2, 0.25) is 0 Å². The van der Waals surface area contributed by atoms with Crippen molar-refractivity contribution in [2.24, 2.45) is 140 Å². The van der Waals surface area contributed by atoms with Crippen molar-refractivity contribution >= 4 is 71.6 Å². The van der Waals surface area contributed by atoms with Crippen LogP contribution in [-0.4, -0.2) is 143 Å². The summed E-state index contributed by atoms with van der Waals surface area (Å²) in [5.74, 6) is 1.88. The lowest BCUT2D eigenvalue weighted by Crippen LogP contribution is -2.49. The van der Waals surface area contributed by atoms with E-state index in [1.807, 2.05) is 132 Å². The van der Waals surface area contributed by atoms with Gasteiger partial charge >= 0.3 is 71.6 Å². The Balaban J connectivity index is 0.000000116. The zero-order valence-electron chi connectivity index (χ0n) is 68.7. The number of hydrogen-bond donors (Lipinski definition) is 0. The number of fused-ring (bicyclic) bond motifs is 6. The van der Waals surface area contributed by atoms with Crippen LogP contribution in [0, 0.1) is 140 Å². The second-order valence-electron chi connectivity index (χ2n) is 39.9. The van der Waals surface area contributed by atoms with Crippen molar-refractivity contribution in [2.75, 3.05) is 0 Å². The highest BCUT2D eigenvalue weighted by Crippen LogP contribution is 2.66. The van der Waals surface area contributed by atoms with Crippen LogP contribution in [0.25, 0.3) is 0 Å². The maximum absolute atomic E-state index is 12.3. The maximum atomic E-state index is 12.3. The van der Waals surface area contributed by atoms with E-state index < -0.39 is 38.5 Å². The summed E-state index contributed by atoms with van der Waals surface area (Å²) in [5, 5.41) is 0. The molecule has 32 unspecified atom stereocenters. The van der Waals surface area contributed by atoms with E-state index in [1.165, 1.54) is 0 Å². The van der Waals surface area contributed by atoms with Gasteiger partial charge in [-0.3, -0.25) is 57.5 Å². The average molecular weight is 1540 g/mol. The van der Waals surface area contributed by atoms with Crippen molar-refractivity contribution in [1.29, 1.82) is 0 Å². The number of hydrogen-bond acceptors (Lipinski definition) is 24. The van der Waals surface area contributed by atoms with Gasteiger partial charge in [0.15, 0.2) is 0 Å². The fourth-order valence-corrected chi connectivity index (χ4v) is 22.5. The molecular weight excluding hydrogens is 1420 g/mol. The smallest absolute Gasteiger partial charge is 0.312 e. The zero-order chi connectivity index (χ0) is 80.3. The molecule has 110 heavy (non-hydrogen) atoms. The minimum atomic E-state index is -0.614. The number of esters is 12. The van der Waals surface area contributed by atoms with Gasteiger partial charge in [0, 0.05) is 70.5 Å². The molecule has 6 saturated heterocycles. The van der Waals surface area contributed by atoms with Crippen molar-refractivity contribution < 1.29 is 114 Å². The molecule has 0 aromatic heterocycles. The maximum Gasteiger partial charge on any atom is 0.312 e. The molecule has 12 saturated carbocycles.